The number of ether oxygens (including phenoxy) is 1. The molecule has 0 bridgehead atoms. The van der Waals surface area contributed by atoms with Crippen molar-refractivity contribution in [1.29, 1.82) is 0 Å². The Morgan fingerprint density at radius 2 is 2.43 bits per heavy atom. The molecule has 0 spiro atoms. The van der Waals surface area contributed by atoms with Crippen molar-refractivity contribution in [2.45, 2.75) is 26.2 Å². The largest absolute Gasteiger partial charge is 0.483 e. The van der Waals surface area contributed by atoms with Gasteiger partial charge in [0.15, 0.2) is 0 Å². The van der Waals surface area contributed by atoms with E-state index in [-0.39, 0.29) is 11.9 Å². The van der Waals surface area contributed by atoms with E-state index in [0.29, 0.717) is 31.3 Å². The number of allylic oxidation sites excluding steroid dienone is 2. The van der Waals surface area contributed by atoms with Crippen LogP contribution in [0.15, 0.2) is 11.5 Å². The lowest BCUT2D eigenvalue weighted by atomic mass is 9.71. The van der Waals surface area contributed by atoms with E-state index in [1.54, 1.807) is 13.0 Å². The highest BCUT2D eigenvalue weighted by Crippen LogP contribution is 2.24. The lowest BCUT2D eigenvalue weighted by Gasteiger charge is -2.19. The molecule has 78 valence electrons. The van der Waals surface area contributed by atoms with Gasteiger partial charge in [-0.15, -0.1) is 0 Å². The van der Waals surface area contributed by atoms with Gasteiger partial charge in [-0.1, -0.05) is 6.08 Å². The van der Waals surface area contributed by atoms with Gasteiger partial charge in [-0.25, -0.2) is 0 Å². The van der Waals surface area contributed by atoms with E-state index >= 15 is 0 Å². The van der Waals surface area contributed by atoms with Crippen LogP contribution in [0.5, 0.6) is 0 Å². The van der Waals surface area contributed by atoms with E-state index in [0.717, 1.165) is 0 Å². The van der Waals surface area contributed by atoms with Crippen molar-refractivity contribution in [3.8, 4) is 0 Å². The second-order valence-electron chi connectivity index (χ2n) is 3.38. The zero-order chi connectivity index (χ0) is 10.6. The Hall–Kier alpha value is -0.805. The van der Waals surface area contributed by atoms with E-state index in [1.807, 2.05) is 0 Å². The summed E-state index contributed by atoms with van der Waals surface area (Å²) in [6, 6.07) is 0. The van der Waals surface area contributed by atoms with Crippen molar-refractivity contribution in [3.63, 3.8) is 0 Å². The molecule has 0 heterocycles. The molecular weight excluding hydrogens is 183 g/mol. The minimum absolute atomic E-state index is 0.113. The molecule has 0 aromatic carbocycles. The zero-order valence-corrected chi connectivity index (χ0v) is 8.27. The van der Waals surface area contributed by atoms with Gasteiger partial charge in [0.1, 0.15) is 0 Å². The van der Waals surface area contributed by atoms with Crippen molar-refractivity contribution in [1.82, 2.24) is 0 Å². The van der Waals surface area contributed by atoms with Gasteiger partial charge in [-0.2, -0.15) is 0 Å². The molecule has 0 saturated heterocycles. The Balaban J connectivity index is 2.46. The number of rotatable bonds is 3. The average Bonchev–Trinajstić information content (AvgIpc) is 2.18. The van der Waals surface area contributed by atoms with Gasteiger partial charge in [0, 0.05) is 0 Å². The van der Waals surface area contributed by atoms with Crippen LogP contribution in [0.3, 0.4) is 0 Å². The first-order valence-corrected chi connectivity index (χ1v) is 4.86. The number of carbonyl (C=O) groups is 1. The SMILES string of the molecule is CCOC(=O)C1CC=C(B(O)O)CC1. The highest BCUT2D eigenvalue weighted by Gasteiger charge is 2.26. The van der Waals surface area contributed by atoms with E-state index in [9.17, 15) is 4.79 Å². The van der Waals surface area contributed by atoms with E-state index in [2.05, 4.69) is 0 Å². The molecule has 1 aliphatic rings. The van der Waals surface area contributed by atoms with Crippen LogP contribution in [-0.2, 0) is 9.53 Å². The van der Waals surface area contributed by atoms with Gasteiger partial charge in [0.25, 0.3) is 0 Å². The first-order chi connectivity index (χ1) is 6.65. The van der Waals surface area contributed by atoms with Crippen LogP contribution in [0.4, 0.5) is 0 Å². The van der Waals surface area contributed by atoms with Crippen LogP contribution in [0.25, 0.3) is 0 Å². The predicted octanol–water partition coefficient (Wildman–Crippen LogP) is 0.288. The number of hydrogen-bond donors (Lipinski definition) is 2. The first-order valence-electron chi connectivity index (χ1n) is 4.86. The highest BCUT2D eigenvalue weighted by atomic mass is 16.5. The molecule has 14 heavy (non-hydrogen) atoms. The molecule has 4 nitrogen and oxygen atoms in total. The Morgan fingerprint density at radius 1 is 1.71 bits per heavy atom. The molecule has 0 aromatic heterocycles. The summed E-state index contributed by atoms with van der Waals surface area (Å²) in [6.45, 7) is 2.17. The Bertz CT molecular complexity index is 237. The third-order valence-corrected chi connectivity index (χ3v) is 2.40. The molecule has 1 aliphatic carbocycles. The molecule has 1 rings (SSSR count). The monoisotopic (exact) mass is 198 g/mol. The quantitative estimate of drug-likeness (QED) is 0.505. The third kappa shape index (κ3) is 2.85. The maximum Gasteiger partial charge on any atom is 0.483 e. The minimum atomic E-state index is -1.38. The molecule has 5 heteroatoms. The van der Waals surface area contributed by atoms with Crippen LogP contribution in [0, 0.1) is 5.92 Å². The van der Waals surface area contributed by atoms with Crippen LogP contribution in [0.2, 0.25) is 0 Å². The summed E-state index contributed by atoms with van der Waals surface area (Å²) < 4.78 is 4.88. The zero-order valence-electron chi connectivity index (χ0n) is 8.27. The van der Waals surface area contributed by atoms with Gasteiger partial charge in [0.2, 0.25) is 0 Å². The maximum atomic E-state index is 11.3. The van der Waals surface area contributed by atoms with Crippen LogP contribution < -0.4 is 0 Å². The van der Waals surface area contributed by atoms with Gasteiger partial charge in [0.05, 0.1) is 12.5 Å². The second kappa shape index (κ2) is 5.17. The fourth-order valence-corrected chi connectivity index (χ4v) is 1.56. The van der Waals surface area contributed by atoms with E-state index in [4.69, 9.17) is 14.8 Å². The van der Waals surface area contributed by atoms with Crippen molar-refractivity contribution in [2.24, 2.45) is 5.92 Å². The second-order valence-corrected chi connectivity index (χ2v) is 3.38. The predicted molar refractivity (Wildman–Crippen MR) is 52.2 cm³/mol. The summed E-state index contributed by atoms with van der Waals surface area (Å²) in [5, 5.41) is 17.8. The molecule has 0 fully saturated rings. The number of hydrogen-bond acceptors (Lipinski definition) is 4. The first kappa shape index (κ1) is 11.3. The minimum Gasteiger partial charge on any atom is -0.466 e. The summed E-state index contributed by atoms with van der Waals surface area (Å²) in [5.74, 6) is -0.298. The van der Waals surface area contributed by atoms with E-state index in [1.165, 1.54) is 0 Å². The van der Waals surface area contributed by atoms with Gasteiger partial charge in [-0.3, -0.25) is 4.79 Å². The van der Waals surface area contributed by atoms with Crippen molar-refractivity contribution in [2.75, 3.05) is 6.61 Å². The summed E-state index contributed by atoms with van der Waals surface area (Å²) >= 11 is 0. The average molecular weight is 198 g/mol. The molecule has 1 atom stereocenters. The summed E-state index contributed by atoms with van der Waals surface area (Å²) in [6.07, 6.45) is 3.46. The summed E-state index contributed by atoms with van der Waals surface area (Å²) in [4.78, 5) is 11.3. The van der Waals surface area contributed by atoms with Crippen LogP contribution >= 0.6 is 0 Å². The van der Waals surface area contributed by atoms with Gasteiger partial charge >= 0.3 is 13.1 Å². The van der Waals surface area contributed by atoms with Crippen molar-refractivity contribution < 1.29 is 19.6 Å². The molecule has 0 amide bonds. The number of esters is 1. The molecule has 0 radical (unpaired) electrons. The lowest BCUT2D eigenvalue weighted by Crippen LogP contribution is -2.24. The molecule has 0 saturated carbocycles. The molecule has 2 N–H and O–H groups in total. The Morgan fingerprint density at radius 3 is 2.86 bits per heavy atom. The van der Waals surface area contributed by atoms with E-state index < -0.39 is 7.12 Å². The number of carbonyl (C=O) groups excluding carboxylic acids is 1. The normalized spacial score (nSPS) is 21.4. The summed E-state index contributed by atoms with van der Waals surface area (Å²) in [5.41, 5.74) is 0.602. The topological polar surface area (TPSA) is 66.8 Å². The van der Waals surface area contributed by atoms with Crippen molar-refractivity contribution in [3.05, 3.63) is 11.5 Å². The van der Waals surface area contributed by atoms with Gasteiger partial charge < -0.3 is 14.8 Å². The lowest BCUT2D eigenvalue weighted by molar-refractivity contribution is -0.148. The Labute approximate surface area is 83.7 Å². The molecule has 0 aromatic rings. The van der Waals surface area contributed by atoms with Gasteiger partial charge in [-0.05, 0) is 31.7 Å². The maximum absolute atomic E-state index is 11.3. The smallest absolute Gasteiger partial charge is 0.466 e. The Kier molecular flexibility index (Phi) is 4.16. The van der Waals surface area contributed by atoms with Crippen LogP contribution in [-0.4, -0.2) is 29.7 Å². The summed E-state index contributed by atoms with van der Waals surface area (Å²) in [7, 11) is -1.38. The molecule has 1 unspecified atom stereocenters. The third-order valence-electron chi connectivity index (χ3n) is 2.40. The molecule has 0 aliphatic heterocycles. The highest BCUT2D eigenvalue weighted by molar-refractivity contribution is 6.50. The van der Waals surface area contributed by atoms with Crippen molar-refractivity contribution >= 4 is 13.1 Å². The standard InChI is InChI=1S/C9H15BO4/c1-2-14-9(11)7-3-5-8(6-4-7)10(12)13/h5,7,12-13H,2-4,6H2,1H3. The van der Waals surface area contributed by atoms with Crippen LogP contribution in [0.1, 0.15) is 26.2 Å². The fourth-order valence-electron chi connectivity index (χ4n) is 1.56. The fraction of sp³-hybridized carbons (Fsp3) is 0.667. The molecular formula is C9H15BO4.